The molecule has 0 spiro atoms. The average Bonchev–Trinajstić information content (AvgIpc) is 2.75. The number of rotatable bonds is 8. The second kappa shape index (κ2) is 10.8. The summed E-state index contributed by atoms with van der Waals surface area (Å²) < 4.78 is 12.4. The van der Waals surface area contributed by atoms with Gasteiger partial charge in [0.15, 0.2) is 11.5 Å². The molecule has 1 amide bonds. The van der Waals surface area contributed by atoms with Crippen LogP contribution >= 0.6 is 27.5 Å². The van der Waals surface area contributed by atoms with Crippen molar-refractivity contribution in [3.8, 4) is 11.5 Å². The minimum absolute atomic E-state index is 0.292. The number of para-hydroxylation sites is 1. The van der Waals surface area contributed by atoms with Crippen LogP contribution in [0.1, 0.15) is 28.4 Å². The lowest BCUT2D eigenvalue weighted by Crippen LogP contribution is -2.19. The van der Waals surface area contributed by atoms with E-state index in [2.05, 4.69) is 26.5 Å². The number of carbonyl (C=O) groups excluding carboxylic acids is 1. The number of benzene rings is 3. The Bertz CT molecular complexity index is 1110. The van der Waals surface area contributed by atoms with Gasteiger partial charge in [0.1, 0.15) is 6.61 Å². The fourth-order valence-electron chi connectivity index (χ4n) is 2.76. The molecule has 31 heavy (non-hydrogen) atoms. The van der Waals surface area contributed by atoms with Crippen molar-refractivity contribution in [1.29, 1.82) is 0 Å². The third-order valence-electron chi connectivity index (χ3n) is 4.25. The lowest BCUT2D eigenvalue weighted by atomic mass is 10.2. The van der Waals surface area contributed by atoms with Gasteiger partial charge in [0.25, 0.3) is 5.91 Å². The molecule has 0 aliphatic carbocycles. The summed E-state index contributed by atoms with van der Waals surface area (Å²) in [5, 5.41) is 4.66. The molecule has 6 nitrogen and oxygen atoms in total. The van der Waals surface area contributed by atoms with Gasteiger partial charge in [-0.15, -0.1) is 0 Å². The molecule has 3 N–H and O–H groups in total. The van der Waals surface area contributed by atoms with Crippen molar-refractivity contribution in [2.75, 3.05) is 12.3 Å². The number of nitrogen functional groups attached to an aromatic ring is 1. The molecule has 3 aromatic rings. The number of nitrogens with two attached hydrogens (primary N) is 1. The zero-order valence-corrected chi connectivity index (χ0v) is 19.1. The topological polar surface area (TPSA) is 85.9 Å². The SMILES string of the molecule is CCOc1cc(C=NNC(=O)c2ccccc2N)cc(Br)c1OCc1ccccc1Cl. The number of hydrogen-bond acceptors (Lipinski definition) is 5. The van der Waals surface area contributed by atoms with Gasteiger partial charge in [0.05, 0.1) is 22.9 Å². The van der Waals surface area contributed by atoms with Crippen LogP contribution in [-0.2, 0) is 6.61 Å². The minimum atomic E-state index is -0.391. The van der Waals surface area contributed by atoms with Crippen LogP contribution in [-0.4, -0.2) is 18.7 Å². The molecule has 3 aromatic carbocycles. The van der Waals surface area contributed by atoms with Crippen molar-refractivity contribution in [1.82, 2.24) is 5.43 Å². The molecule has 0 saturated heterocycles. The van der Waals surface area contributed by atoms with Crippen molar-refractivity contribution < 1.29 is 14.3 Å². The first-order valence-corrected chi connectivity index (χ1v) is 10.7. The molecule has 3 rings (SSSR count). The van der Waals surface area contributed by atoms with Gasteiger partial charge >= 0.3 is 0 Å². The standard InChI is InChI=1S/C23H21BrClN3O3/c1-2-30-21-12-15(13-27-28-23(29)17-8-4-6-10-20(17)26)11-18(24)22(21)31-14-16-7-3-5-9-19(16)25/h3-13H,2,14,26H2,1H3,(H,28,29). The first-order chi connectivity index (χ1) is 15.0. The van der Waals surface area contributed by atoms with E-state index in [0.29, 0.717) is 51.0 Å². The van der Waals surface area contributed by atoms with Gasteiger partial charge in [-0.05, 0) is 58.7 Å². The molecule has 0 heterocycles. The number of hydrazone groups is 1. The highest BCUT2D eigenvalue weighted by Gasteiger charge is 2.13. The van der Waals surface area contributed by atoms with Crippen LogP contribution in [0.15, 0.2) is 70.2 Å². The molecule has 160 valence electrons. The van der Waals surface area contributed by atoms with Crippen molar-refractivity contribution in [2.24, 2.45) is 5.10 Å². The number of halogens is 2. The van der Waals surface area contributed by atoms with Gasteiger partial charge in [-0.3, -0.25) is 4.79 Å². The first kappa shape index (κ1) is 22.7. The highest BCUT2D eigenvalue weighted by atomic mass is 79.9. The van der Waals surface area contributed by atoms with E-state index in [0.717, 1.165) is 5.56 Å². The Balaban J connectivity index is 1.74. The van der Waals surface area contributed by atoms with Crippen LogP contribution < -0.4 is 20.6 Å². The van der Waals surface area contributed by atoms with Crippen molar-refractivity contribution in [3.63, 3.8) is 0 Å². The Morgan fingerprint density at radius 3 is 2.65 bits per heavy atom. The molecule has 0 bridgehead atoms. The van der Waals surface area contributed by atoms with E-state index in [9.17, 15) is 4.79 Å². The molecule has 0 radical (unpaired) electrons. The average molecular weight is 503 g/mol. The molecule has 0 saturated carbocycles. The fourth-order valence-corrected chi connectivity index (χ4v) is 3.52. The maximum atomic E-state index is 12.2. The normalized spacial score (nSPS) is 10.8. The van der Waals surface area contributed by atoms with E-state index >= 15 is 0 Å². The van der Waals surface area contributed by atoms with Gasteiger partial charge in [-0.1, -0.05) is 41.9 Å². The van der Waals surface area contributed by atoms with Crippen molar-refractivity contribution in [3.05, 3.63) is 86.8 Å². The number of ether oxygens (including phenoxy) is 2. The van der Waals surface area contributed by atoms with Crippen LogP contribution in [0.3, 0.4) is 0 Å². The summed E-state index contributed by atoms with van der Waals surface area (Å²) in [5.74, 6) is 0.710. The number of nitrogens with one attached hydrogen (secondary N) is 1. The predicted molar refractivity (Wildman–Crippen MR) is 127 cm³/mol. The van der Waals surface area contributed by atoms with Gasteiger partial charge < -0.3 is 15.2 Å². The van der Waals surface area contributed by atoms with E-state index < -0.39 is 5.91 Å². The maximum absolute atomic E-state index is 12.2. The molecule has 0 atom stereocenters. The van der Waals surface area contributed by atoms with Gasteiger partial charge in [0.2, 0.25) is 0 Å². The second-order valence-electron chi connectivity index (χ2n) is 6.43. The van der Waals surface area contributed by atoms with Crippen LogP contribution in [0, 0.1) is 0 Å². The number of anilines is 1. The minimum Gasteiger partial charge on any atom is -0.490 e. The summed E-state index contributed by atoms with van der Waals surface area (Å²) in [6.07, 6.45) is 1.52. The van der Waals surface area contributed by atoms with E-state index in [4.69, 9.17) is 26.8 Å². The molecule has 8 heteroatoms. The summed E-state index contributed by atoms with van der Waals surface area (Å²) in [5.41, 5.74) is 10.6. The van der Waals surface area contributed by atoms with E-state index in [1.54, 1.807) is 30.3 Å². The lowest BCUT2D eigenvalue weighted by Gasteiger charge is -2.15. The van der Waals surface area contributed by atoms with Gasteiger partial charge in [-0.25, -0.2) is 5.43 Å². The molecule has 0 aliphatic rings. The van der Waals surface area contributed by atoms with E-state index in [1.807, 2.05) is 37.3 Å². The Hall–Kier alpha value is -3.03. The molecule has 0 aromatic heterocycles. The van der Waals surface area contributed by atoms with Crippen LogP contribution in [0.25, 0.3) is 0 Å². The Morgan fingerprint density at radius 1 is 1.16 bits per heavy atom. The van der Waals surface area contributed by atoms with Crippen LogP contribution in [0.2, 0.25) is 5.02 Å². The van der Waals surface area contributed by atoms with E-state index in [1.165, 1.54) is 6.21 Å². The zero-order chi connectivity index (χ0) is 22.2. The number of hydrogen-bond donors (Lipinski definition) is 2. The highest BCUT2D eigenvalue weighted by Crippen LogP contribution is 2.37. The smallest absolute Gasteiger partial charge is 0.273 e. The third-order valence-corrected chi connectivity index (χ3v) is 5.20. The molecule has 0 aliphatic heterocycles. The summed E-state index contributed by atoms with van der Waals surface area (Å²) in [4.78, 5) is 12.2. The second-order valence-corrected chi connectivity index (χ2v) is 7.69. The van der Waals surface area contributed by atoms with Crippen LogP contribution in [0.4, 0.5) is 5.69 Å². The Labute approximate surface area is 194 Å². The summed E-state index contributed by atoms with van der Waals surface area (Å²) in [6.45, 7) is 2.64. The third kappa shape index (κ3) is 5.99. The van der Waals surface area contributed by atoms with Crippen molar-refractivity contribution in [2.45, 2.75) is 13.5 Å². The first-order valence-electron chi connectivity index (χ1n) is 9.50. The summed E-state index contributed by atoms with van der Waals surface area (Å²) >= 11 is 9.73. The number of nitrogens with zero attached hydrogens (tertiary/aromatic N) is 1. The Kier molecular flexibility index (Phi) is 7.92. The van der Waals surface area contributed by atoms with Gasteiger partial charge in [0, 0.05) is 16.3 Å². The molecular formula is C23H21BrClN3O3. The lowest BCUT2D eigenvalue weighted by molar-refractivity contribution is 0.0956. The van der Waals surface area contributed by atoms with Crippen LogP contribution in [0.5, 0.6) is 11.5 Å². The fraction of sp³-hybridized carbons (Fsp3) is 0.130. The molecule has 0 unspecified atom stereocenters. The zero-order valence-electron chi connectivity index (χ0n) is 16.8. The number of carbonyl (C=O) groups is 1. The quantitative estimate of drug-likeness (QED) is 0.244. The number of amides is 1. The summed E-state index contributed by atoms with van der Waals surface area (Å²) in [7, 11) is 0. The largest absolute Gasteiger partial charge is 0.490 e. The van der Waals surface area contributed by atoms with Gasteiger partial charge in [-0.2, -0.15) is 5.10 Å². The highest BCUT2D eigenvalue weighted by molar-refractivity contribution is 9.10. The Morgan fingerprint density at radius 2 is 1.90 bits per heavy atom. The van der Waals surface area contributed by atoms with Crippen molar-refractivity contribution >= 4 is 45.3 Å². The molecule has 0 fully saturated rings. The predicted octanol–water partition coefficient (Wildman–Crippen LogP) is 5.43. The summed E-state index contributed by atoms with van der Waals surface area (Å²) in [6, 6.07) is 17.9. The molecular weight excluding hydrogens is 482 g/mol. The maximum Gasteiger partial charge on any atom is 0.273 e. The van der Waals surface area contributed by atoms with E-state index in [-0.39, 0.29) is 0 Å². The monoisotopic (exact) mass is 501 g/mol.